The van der Waals surface area contributed by atoms with E-state index in [-0.39, 0.29) is 11.3 Å². The number of carbonyl (C=O) groups is 1. The van der Waals surface area contributed by atoms with Gasteiger partial charge in [0.15, 0.2) is 0 Å². The number of alkyl halides is 3. The fraction of sp³-hybridized carbons (Fsp3) is 0.462. The number of anilines is 1. The lowest BCUT2D eigenvalue weighted by molar-refractivity contribution is -0.137. The van der Waals surface area contributed by atoms with Crippen molar-refractivity contribution < 1.29 is 23.1 Å². The lowest BCUT2D eigenvalue weighted by Gasteiger charge is -2.35. The fourth-order valence-corrected chi connectivity index (χ4v) is 2.22. The van der Waals surface area contributed by atoms with Crippen molar-refractivity contribution in [2.24, 2.45) is 0 Å². The van der Waals surface area contributed by atoms with Gasteiger partial charge < -0.3 is 14.9 Å². The molecule has 110 valence electrons. The quantitative estimate of drug-likeness (QED) is 0.905. The Hall–Kier alpha value is -1.76. The van der Waals surface area contributed by atoms with Gasteiger partial charge in [-0.25, -0.2) is 4.79 Å². The first-order chi connectivity index (χ1) is 9.29. The maximum atomic E-state index is 13.1. The molecular formula is C13H15F3N2O2. The van der Waals surface area contributed by atoms with Crippen LogP contribution in [0.5, 0.6) is 0 Å². The van der Waals surface area contributed by atoms with Gasteiger partial charge >= 0.3 is 12.1 Å². The number of hydrogen-bond acceptors (Lipinski definition) is 3. The molecule has 4 nitrogen and oxygen atoms in total. The second-order valence-corrected chi connectivity index (χ2v) is 4.83. The molecule has 0 radical (unpaired) electrons. The average molecular weight is 288 g/mol. The predicted octanol–water partition coefficient (Wildman–Crippen LogP) is 2.16. The number of halogens is 3. The zero-order chi connectivity index (χ0) is 14.9. The van der Waals surface area contributed by atoms with Crippen LogP contribution in [0.15, 0.2) is 18.2 Å². The fourth-order valence-electron chi connectivity index (χ4n) is 2.22. The third-order valence-corrected chi connectivity index (χ3v) is 3.39. The maximum Gasteiger partial charge on any atom is 0.418 e. The Bertz CT molecular complexity index is 509. The largest absolute Gasteiger partial charge is 0.478 e. The Balaban J connectivity index is 2.39. The van der Waals surface area contributed by atoms with Crippen LogP contribution in [0.2, 0.25) is 0 Å². The molecule has 1 N–H and O–H groups in total. The molecule has 0 atom stereocenters. The highest BCUT2D eigenvalue weighted by Gasteiger charge is 2.36. The van der Waals surface area contributed by atoms with Crippen LogP contribution >= 0.6 is 0 Å². The molecule has 1 saturated heterocycles. The number of piperazine rings is 1. The Morgan fingerprint density at radius 2 is 1.80 bits per heavy atom. The number of rotatable bonds is 2. The number of nitrogens with zero attached hydrogens (tertiary/aromatic N) is 2. The van der Waals surface area contributed by atoms with E-state index in [2.05, 4.69) is 0 Å². The molecule has 0 aliphatic carbocycles. The van der Waals surface area contributed by atoms with E-state index in [0.29, 0.717) is 32.2 Å². The van der Waals surface area contributed by atoms with E-state index in [9.17, 15) is 18.0 Å². The van der Waals surface area contributed by atoms with Crippen LogP contribution in [0, 0.1) is 0 Å². The molecule has 1 aliphatic heterocycles. The van der Waals surface area contributed by atoms with Crippen molar-refractivity contribution in [3.63, 3.8) is 0 Å². The SMILES string of the molecule is CN1CCN(c2ccc(C(=O)O)cc2C(F)(F)F)CC1. The first-order valence-electron chi connectivity index (χ1n) is 6.17. The molecule has 0 aromatic heterocycles. The Kier molecular flexibility index (Phi) is 3.89. The number of likely N-dealkylation sites (N-methyl/N-ethyl adjacent to an activating group) is 1. The van der Waals surface area contributed by atoms with E-state index in [1.807, 2.05) is 11.9 Å². The van der Waals surface area contributed by atoms with Gasteiger partial charge in [-0.2, -0.15) is 13.2 Å². The lowest BCUT2D eigenvalue weighted by atomic mass is 10.1. The molecule has 1 aliphatic rings. The molecule has 0 bridgehead atoms. The number of carboxylic acid groups (broad SMARTS) is 1. The second-order valence-electron chi connectivity index (χ2n) is 4.83. The zero-order valence-electron chi connectivity index (χ0n) is 10.9. The average Bonchev–Trinajstić information content (AvgIpc) is 2.38. The highest BCUT2D eigenvalue weighted by atomic mass is 19.4. The molecule has 0 saturated carbocycles. The topological polar surface area (TPSA) is 43.8 Å². The highest BCUT2D eigenvalue weighted by molar-refractivity contribution is 5.88. The smallest absolute Gasteiger partial charge is 0.418 e. The molecule has 20 heavy (non-hydrogen) atoms. The summed E-state index contributed by atoms with van der Waals surface area (Å²) in [7, 11) is 1.91. The highest BCUT2D eigenvalue weighted by Crippen LogP contribution is 2.37. The van der Waals surface area contributed by atoms with Gasteiger partial charge in [-0.1, -0.05) is 0 Å². The zero-order valence-corrected chi connectivity index (χ0v) is 10.9. The minimum Gasteiger partial charge on any atom is -0.478 e. The standard InChI is InChI=1S/C13H15F3N2O2/c1-17-4-6-18(7-5-17)11-3-2-9(12(19)20)8-10(11)13(14,15)16/h2-3,8H,4-7H2,1H3,(H,19,20). The van der Waals surface area contributed by atoms with Crippen LogP contribution in [-0.4, -0.2) is 49.2 Å². The predicted molar refractivity (Wildman–Crippen MR) is 68.1 cm³/mol. The van der Waals surface area contributed by atoms with Gasteiger partial charge in [-0.15, -0.1) is 0 Å². The number of hydrogen-bond donors (Lipinski definition) is 1. The van der Waals surface area contributed by atoms with E-state index in [0.717, 1.165) is 0 Å². The first-order valence-corrected chi connectivity index (χ1v) is 6.17. The van der Waals surface area contributed by atoms with Crippen molar-refractivity contribution in [3.8, 4) is 0 Å². The van der Waals surface area contributed by atoms with Crippen molar-refractivity contribution in [1.82, 2.24) is 4.90 Å². The van der Waals surface area contributed by atoms with Gasteiger partial charge in [0.2, 0.25) is 0 Å². The van der Waals surface area contributed by atoms with Crippen LogP contribution in [0.25, 0.3) is 0 Å². The van der Waals surface area contributed by atoms with Gasteiger partial charge in [-0.3, -0.25) is 0 Å². The molecule has 0 unspecified atom stereocenters. The minimum atomic E-state index is -4.57. The maximum absolute atomic E-state index is 13.1. The summed E-state index contributed by atoms with van der Waals surface area (Å²) in [6.45, 7) is 2.34. The van der Waals surface area contributed by atoms with Crippen LogP contribution in [0.1, 0.15) is 15.9 Å². The normalized spacial score (nSPS) is 17.3. The molecule has 0 amide bonds. The molecule has 1 aromatic rings. The van der Waals surface area contributed by atoms with Gasteiger partial charge in [0.1, 0.15) is 0 Å². The molecule has 1 fully saturated rings. The van der Waals surface area contributed by atoms with Gasteiger partial charge in [0.25, 0.3) is 0 Å². The molecule has 1 aromatic carbocycles. The van der Waals surface area contributed by atoms with E-state index in [4.69, 9.17) is 5.11 Å². The van der Waals surface area contributed by atoms with Crippen molar-refractivity contribution in [2.75, 3.05) is 38.1 Å². The van der Waals surface area contributed by atoms with Crippen LogP contribution in [-0.2, 0) is 6.18 Å². The summed E-state index contributed by atoms with van der Waals surface area (Å²) < 4.78 is 39.3. The summed E-state index contributed by atoms with van der Waals surface area (Å²) in [6, 6.07) is 3.17. The summed E-state index contributed by atoms with van der Waals surface area (Å²) >= 11 is 0. The van der Waals surface area contributed by atoms with Crippen molar-refractivity contribution in [2.45, 2.75) is 6.18 Å². The second kappa shape index (κ2) is 5.32. The first kappa shape index (κ1) is 14.6. The lowest BCUT2D eigenvalue weighted by Crippen LogP contribution is -2.45. The van der Waals surface area contributed by atoms with Crippen molar-refractivity contribution >= 4 is 11.7 Å². The molecular weight excluding hydrogens is 273 g/mol. The number of aromatic carboxylic acids is 1. The van der Waals surface area contributed by atoms with Gasteiger partial charge in [0.05, 0.1) is 11.1 Å². The molecule has 7 heteroatoms. The summed E-state index contributed by atoms with van der Waals surface area (Å²) in [5.41, 5.74) is -1.19. The minimum absolute atomic E-state index is 0.0515. The van der Waals surface area contributed by atoms with E-state index >= 15 is 0 Å². The van der Waals surface area contributed by atoms with Crippen LogP contribution in [0.3, 0.4) is 0 Å². The molecule has 2 rings (SSSR count). The third kappa shape index (κ3) is 3.04. The van der Waals surface area contributed by atoms with Crippen LogP contribution in [0.4, 0.5) is 18.9 Å². The third-order valence-electron chi connectivity index (χ3n) is 3.39. The van der Waals surface area contributed by atoms with E-state index in [1.165, 1.54) is 12.1 Å². The van der Waals surface area contributed by atoms with Crippen LogP contribution < -0.4 is 4.90 Å². The molecule has 1 heterocycles. The van der Waals surface area contributed by atoms with Gasteiger partial charge in [0, 0.05) is 31.9 Å². The van der Waals surface area contributed by atoms with E-state index < -0.39 is 17.7 Å². The Labute approximate surface area is 114 Å². The number of carboxylic acids is 1. The summed E-state index contributed by atoms with van der Waals surface area (Å²) in [5.74, 6) is -1.36. The summed E-state index contributed by atoms with van der Waals surface area (Å²) in [4.78, 5) is 14.5. The Morgan fingerprint density at radius 1 is 1.20 bits per heavy atom. The van der Waals surface area contributed by atoms with Gasteiger partial charge in [-0.05, 0) is 25.2 Å². The van der Waals surface area contributed by atoms with E-state index in [1.54, 1.807) is 4.90 Å². The monoisotopic (exact) mass is 288 g/mol. The van der Waals surface area contributed by atoms with Crippen molar-refractivity contribution in [3.05, 3.63) is 29.3 Å². The van der Waals surface area contributed by atoms with Crippen molar-refractivity contribution in [1.29, 1.82) is 0 Å². The molecule has 0 spiro atoms. The summed E-state index contributed by atoms with van der Waals surface area (Å²) in [5, 5.41) is 8.82. The number of benzene rings is 1. The Morgan fingerprint density at radius 3 is 2.30 bits per heavy atom. The summed E-state index contributed by atoms with van der Waals surface area (Å²) in [6.07, 6.45) is -4.57.